The third-order valence-corrected chi connectivity index (χ3v) is 5.19. The predicted octanol–water partition coefficient (Wildman–Crippen LogP) is 6.13. The van der Waals surface area contributed by atoms with E-state index in [1.165, 1.54) is 24.3 Å². The van der Waals surface area contributed by atoms with Crippen molar-refractivity contribution in [2.75, 3.05) is 5.43 Å². The topological polar surface area (TPSA) is 76.8 Å². The van der Waals surface area contributed by atoms with E-state index in [1.807, 2.05) is 12.1 Å². The second-order valence-corrected chi connectivity index (χ2v) is 7.92. The zero-order valence-electron chi connectivity index (χ0n) is 14.8. The second-order valence-electron chi connectivity index (χ2n) is 5.90. The highest BCUT2D eigenvalue weighted by Crippen LogP contribution is 2.32. The molecular weight excluding hydrogens is 556 g/mol. The van der Waals surface area contributed by atoms with Gasteiger partial charge in [0.1, 0.15) is 18.2 Å². The minimum absolute atomic E-state index is 0.0224. The quantitative estimate of drug-likeness (QED) is 0.161. The molecule has 0 unspecified atom stereocenters. The number of hydrogen-bond acceptors (Lipinski definition) is 5. The summed E-state index contributed by atoms with van der Waals surface area (Å²) in [4.78, 5) is 10.2. The van der Waals surface area contributed by atoms with Gasteiger partial charge in [-0.15, -0.1) is 0 Å². The van der Waals surface area contributed by atoms with Gasteiger partial charge in [-0.25, -0.2) is 4.39 Å². The molecule has 0 bridgehead atoms. The van der Waals surface area contributed by atoms with E-state index in [0.29, 0.717) is 18.0 Å². The minimum atomic E-state index is -0.452. The lowest BCUT2D eigenvalue weighted by atomic mass is 10.2. The summed E-state index contributed by atoms with van der Waals surface area (Å²) in [6.07, 6.45) is 1.64. The van der Waals surface area contributed by atoms with E-state index in [1.54, 1.807) is 30.5 Å². The molecule has 0 aromatic heterocycles. The Bertz CT molecular complexity index is 1020. The first-order valence-electron chi connectivity index (χ1n) is 8.32. The molecule has 6 nitrogen and oxygen atoms in total. The van der Waals surface area contributed by atoms with Gasteiger partial charge in [0, 0.05) is 12.1 Å². The monoisotopic (exact) mass is 569 g/mol. The number of hydrazone groups is 1. The van der Waals surface area contributed by atoms with Crippen molar-refractivity contribution in [3.8, 4) is 5.75 Å². The number of benzene rings is 3. The molecule has 0 aliphatic heterocycles. The summed E-state index contributed by atoms with van der Waals surface area (Å²) in [5, 5.41) is 14.8. The molecule has 0 saturated carbocycles. The Labute approximate surface area is 188 Å². The molecule has 9 heteroatoms. The third-order valence-electron chi connectivity index (χ3n) is 3.80. The zero-order chi connectivity index (χ0) is 20.8. The van der Waals surface area contributed by atoms with Crippen LogP contribution in [0.25, 0.3) is 0 Å². The van der Waals surface area contributed by atoms with Gasteiger partial charge in [-0.05, 0) is 86.0 Å². The number of nitro groups is 1. The smallest absolute Gasteiger partial charge is 0.269 e. The number of nitrogens with zero attached hydrogens (tertiary/aromatic N) is 2. The Kier molecular flexibility index (Phi) is 7.15. The number of rotatable bonds is 7. The van der Waals surface area contributed by atoms with Crippen molar-refractivity contribution in [2.45, 2.75) is 6.61 Å². The third kappa shape index (κ3) is 5.97. The number of halogens is 3. The van der Waals surface area contributed by atoms with E-state index in [-0.39, 0.29) is 11.5 Å². The van der Waals surface area contributed by atoms with Crippen molar-refractivity contribution in [2.24, 2.45) is 5.10 Å². The standard InChI is InChI=1S/C20H14BrFIN3O3/c21-18-9-14(11-24-25-16-5-7-17(8-6-16)26(27)28)10-19(23)20(18)29-12-13-1-3-15(22)4-2-13/h1-11,25H,12H2/b24-11+. The largest absolute Gasteiger partial charge is 0.487 e. The van der Waals surface area contributed by atoms with Gasteiger partial charge >= 0.3 is 0 Å². The Morgan fingerprint density at radius 1 is 1.17 bits per heavy atom. The van der Waals surface area contributed by atoms with E-state index in [9.17, 15) is 14.5 Å². The van der Waals surface area contributed by atoms with Crippen LogP contribution in [0, 0.1) is 19.5 Å². The van der Waals surface area contributed by atoms with Crippen LogP contribution in [0.1, 0.15) is 11.1 Å². The summed E-state index contributed by atoms with van der Waals surface area (Å²) in [5.41, 5.74) is 5.20. The lowest BCUT2D eigenvalue weighted by Crippen LogP contribution is -1.99. The highest BCUT2D eigenvalue weighted by molar-refractivity contribution is 14.1. The van der Waals surface area contributed by atoms with Crippen LogP contribution >= 0.6 is 38.5 Å². The molecule has 0 atom stereocenters. The van der Waals surface area contributed by atoms with Gasteiger partial charge in [0.15, 0.2) is 0 Å². The normalized spacial score (nSPS) is 10.9. The van der Waals surface area contributed by atoms with Crippen molar-refractivity contribution >= 4 is 56.1 Å². The van der Waals surface area contributed by atoms with Crippen molar-refractivity contribution in [3.63, 3.8) is 0 Å². The summed E-state index contributed by atoms with van der Waals surface area (Å²) in [6, 6.07) is 15.9. The Hall–Kier alpha value is -2.53. The molecule has 148 valence electrons. The lowest BCUT2D eigenvalue weighted by Gasteiger charge is -2.11. The molecular formula is C20H14BrFIN3O3. The van der Waals surface area contributed by atoms with Crippen LogP contribution in [-0.2, 0) is 6.61 Å². The molecule has 3 aromatic rings. The highest BCUT2D eigenvalue weighted by Gasteiger charge is 2.09. The van der Waals surface area contributed by atoms with Gasteiger partial charge in [0.25, 0.3) is 5.69 Å². The summed E-state index contributed by atoms with van der Waals surface area (Å²) in [6.45, 7) is 0.323. The van der Waals surface area contributed by atoms with E-state index in [4.69, 9.17) is 4.74 Å². The van der Waals surface area contributed by atoms with E-state index >= 15 is 0 Å². The summed E-state index contributed by atoms with van der Waals surface area (Å²) < 4.78 is 20.5. The first-order valence-corrected chi connectivity index (χ1v) is 10.2. The molecule has 3 rings (SSSR count). The molecule has 0 aliphatic rings. The van der Waals surface area contributed by atoms with Crippen LogP contribution in [0.4, 0.5) is 15.8 Å². The van der Waals surface area contributed by atoms with E-state index < -0.39 is 4.92 Å². The fourth-order valence-corrected chi connectivity index (χ4v) is 4.14. The van der Waals surface area contributed by atoms with Crippen LogP contribution < -0.4 is 10.2 Å². The molecule has 0 radical (unpaired) electrons. The van der Waals surface area contributed by atoms with Crippen LogP contribution in [0.3, 0.4) is 0 Å². The molecule has 0 heterocycles. The fraction of sp³-hybridized carbons (Fsp3) is 0.0500. The van der Waals surface area contributed by atoms with Crippen LogP contribution in [0.5, 0.6) is 5.75 Å². The maximum atomic E-state index is 13.0. The average Bonchev–Trinajstić information content (AvgIpc) is 2.69. The maximum absolute atomic E-state index is 13.0. The van der Waals surface area contributed by atoms with Crippen molar-refractivity contribution in [3.05, 3.63) is 95.8 Å². The first kappa shape index (κ1) is 21.2. The molecule has 3 aromatic carbocycles. The number of non-ortho nitro benzene ring substituents is 1. The number of hydrogen-bond donors (Lipinski definition) is 1. The number of ether oxygens (including phenoxy) is 1. The summed E-state index contributed by atoms with van der Waals surface area (Å²) in [7, 11) is 0. The number of anilines is 1. The van der Waals surface area contributed by atoms with E-state index in [2.05, 4.69) is 49.0 Å². The van der Waals surface area contributed by atoms with Gasteiger partial charge in [0.05, 0.1) is 24.9 Å². The average molecular weight is 570 g/mol. The minimum Gasteiger partial charge on any atom is -0.487 e. The van der Waals surface area contributed by atoms with Crippen molar-refractivity contribution in [1.29, 1.82) is 0 Å². The molecule has 0 saturated heterocycles. The van der Waals surface area contributed by atoms with Gasteiger partial charge in [-0.3, -0.25) is 15.5 Å². The number of nitrogens with one attached hydrogen (secondary N) is 1. The van der Waals surface area contributed by atoms with Crippen molar-refractivity contribution < 1.29 is 14.1 Å². The van der Waals surface area contributed by atoms with Gasteiger partial charge in [-0.2, -0.15) is 5.10 Å². The van der Waals surface area contributed by atoms with Crippen LogP contribution in [-0.4, -0.2) is 11.1 Å². The molecule has 0 aliphatic carbocycles. The van der Waals surface area contributed by atoms with Gasteiger partial charge in [-0.1, -0.05) is 12.1 Å². The fourth-order valence-electron chi connectivity index (χ4n) is 2.37. The molecule has 0 amide bonds. The van der Waals surface area contributed by atoms with Crippen molar-refractivity contribution in [1.82, 2.24) is 0 Å². The lowest BCUT2D eigenvalue weighted by molar-refractivity contribution is -0.384. The molecule has 1 N–H and O–H groups in total. The first-order chi connectivity index (χ1) is 13.9. The maximum Gasteiger partial charge on any atom is 0.269 e. The molecule has 0 fully saturated rings. The van der Waals surface area contributed by atoms with Gasteiger partial charge in [0.2, 0.25) is 0 Å². The second kappa shape index (κ2) is 9.79. The number of nitro benzene ring substituents is 1. The highest BCUT2D eigenvalue weighted by atomic mass is 127. The predicted molar refractivity (Wildman–Crippen MR) is 122 cm³/mol. The van der Waals surface area contributed by atoms with Crippen LogP contribution in [0.2, 0.25) is 0 Å². The Morgan fingerprint density at radius 2 is 1.86 bits per heavy atom. The molecule has 29 heavy (non-hydrogen) atoms. The summed E-state index contributed by atoms with van der Waals surface area (Å²) >= 11 is 5.68. The van der Waals surface area contributed by atoms with Gasteiger partial charge < -0.3 is 4.74 Å². The van der Waals surface area contributed by atoms with Crippen LogP contribution in [0.15, 0.2) is 70.2 Å². The Balaban J connectivity index is 1.64. The SMILES string of the molecule is O=[N+]([O-])c1ccc(N/N=C/c2cc(Br)c(OCc3ccc(F)cc3)c(I)c2)cc1. The summed E-state index contributed by atoms with van der Waals surface area (Å²) in [5.74, 6) is 0.408. The van der Waals surface area contributed by atoms with E-state index in [0.717, 1.165) is 19.2 Å². The Morgan fingerprint density at radius 3 is 2.48 bits per heavy atom. The zero-order valence-corrected chi connectivity index (χ0v) is 18.6. The molecule has 0 spiro atoms.